The smallest absolute Gasteiger partial charge is 0.120 e. The molecular formula is C15H23NO3. The molecule has 0 radical (unpaired) electrons. The standard InChI is InChI=1S/C15H23NO3/c1-18-8-7-15(5-6-15)11-16-10-12-9-13(19-2)3-4-14(12)17/h3-4,9,16-17H,5-8,10-11H2,1-2H3. The number of hydrogen-bond acceptors (Lipinski definition) is 4. The molecular weight excluding hydrogens is 242 g/mol. The highest BCUT2D eigenvalue weighted by Gasteiger charge is 2.41. The molecule has 1 aromatic rings. The van der Waals surface area contributed by atoms with Crippen LogP contribution in [0.5, 0.6) is 11.5 Å². The third-order valence-electron chi connectivity index (χ3n) is 3.90. The number of hydrogen-bond donors (Lipinski definition) is 2. The molecule has 0 unspecified atom stereocenters. The van der Waals surface area contributed by atoms with E-state index in [2.05, 4.69) is 5.32 Å². The summed E-state index contributed by atoms with van der Waals surface area (Å²) in [6, 6.07) is 5.31. The van der Waals surface area contributed by atoms with Crippen LogP contribution in [0.1, 0.15) is 24.8 Å². The van der Waals surface area contributed by atoms with E-state index in [1.54, 1.807) is 26.4 Å². The minimum atomic E-state index is 0.315. The lowest BCUT2D eigenvalue weighted by Gasteiger charge is -2.16. The van der Waals surface area contributed by atoms with Crippen molar-refractivity contribution in [2.75, 3.05) is 27.4 Å². The number of nitrogens with one attached hydrogen (secondary N) is 1. The number of ether oxygens (including phenoxy) is 2. The number of aromatic hydroxyl groups is 1. The van der Waals surface area contributed by atoms with Gasteiger partial charge in [-0.1, -0.05) is 0 Å². The van der Waals surface area contributed by atoms with Gasteiger partial charge in [-0.05, 0) is 42.9 Å². The molecule has 0 aliphatic heterocycles. The molecule has 2 N–H and O–H groups in total. The van der Waals surface area contributed by atoms with Gasteiger partial charge in [-0.2, -0.15) is 0 Å². The normalized spacial score (nSPS) is 16.3. The highest BCUT2D eigenvalue weighted by atomic mass is 16.5. The van der Waals surface area contributed by atoms with Crippen molar-refractivity contribution in [2.45, 2.75) is 25.8 Å². The molecule has 0 spiro atoms. The van der Waals surface area contributed by atoms with Crippen LogP contribution in [-0.2, 0) is 11.3 Å². The molecule has 0 bridgehead atoms. The summed E-state index contributed by atoms with van der Waals surface area (Å²) in [6.45, 7) is 2.47. The maximum Gasteiger partial charge on any atom is 0.120 e. The summed E-state index contributed by atoms with van der Waals surface area (Å²) in [5, 5.41) is 13.2. The van der Waals surface area contributed by atoms with Gasteiger partial charge in [0.2, 0.25) is 0 Å². The lowest BCUT2D eigenvalue weighted by atomic mass is 10.0. The summed E-state index contributed by atoms with van der Waals surface area (Å²) in [6.07, 6.45) is 3.65. The minimum Gasteiger partial charge on any atom is -0.508 e. The molecule has 1 aliphatic carbocycles. The Bertz CT molecular complexity index is 416. The van der Waals surface area contributed by atoms with Crippen LogP contribution in [-0.4, -0.2) is 32.5 Å². The molecule has 1 aromatic carbocycles. The van der Waals surface area contributed by atoms with Gasteiger partial charge in [-0.15, -0.1) is 0 Å². The van der Waals surface area contributed by atoms with E-state index in [4.69, 9.17) is 9.47 Å². The molecule has 0 saturated heterocycles. The van der Waals surface area contributed by atoms with Gasteiger partial charge in [0, 0.05) is 32.4 Å². The highest BCUT2D eigenvalue weighted by molar-refractivity contribution is 5.39. The Morgan fingerprint density at radius 3 is 2.74 bits per heavy atom. The Balaban J connectivity index is 1.82. The summed E-state index contributed by atoms with van der Waals surface area (Å²) in [5.74, 6) is 1.09. The second-order valence-corrected chi connectivity index (χ2v) is 5.34. The van der Waals surface area contributed by atoms with Crippen LogP contribution in [0.4, 0.5) is 0 Å². The summed E-state index contributed by atoms with van der Waals surface area (Å²) in [4.78, 5) is 0. The molecule has 106 valence electrons. The Morgan fingerprint density at radius 2 is 2.11 bits per heavy atom. The number of benzene rings is 1. The first-order valence-corrected chi connectivity index (χ1v) is 6.75. The first kappa shape index (κ1) is 14.2. The van der Waals surface area contributed by atoms with E-state index in [0.29, 0.717) is 17.7 Å². The van der Waals surface area contributed by atoms with Crippen LogP contribution in [0, 0.1) is 5.41 Å². The summed E-state index contributed by atoms with van der Waals surface area (Å²) in [7, 11) is 3.38. The maximum absolute atomic E-state index is 9.80. The van der Waals surface area contributed by atoms with Crippen LogP contribution < -0.4 is 10.1 Å². The maximum atomic E-state index is 9.80. The van der Waals surface area contributed by atoms with Crippen LogP contribution >= 0.6 is 0 Å². The first-order chi connectivity index (χ1) is 9.19. The summed E-state index contributed by atoms with van der Waals surface area (Å²) in [5.41, 5.74) is 1.30. The van der Waals surface area contributed by atoms with Crippen LogP contribution in [0.25, 0.3) is 0 Å². The Labute approximate surface area is 114 Å². The molecule has 4 nitrogen and oxygen atoms in total. The van der Waals surface area contributed by atoms with Gasteiger partial charge in [0.05, 0.1) is 7.11 Å². The highest BCUT2D eigenvalue weighted by Crippen LogP contribution is 2.48. The predicted molar refractivity (Wildman–Crippen MR) is 74.5 cm³/mol. The van der Waals surface area contributed by atoms with Gasteiger partial charge in [-0.3, -0.25) is 0 Å². The first-order valence-electron chi connectivity index (χ1n) is 6.75. The molecule has 0 atom stereocenters. The van der Waals surface area contributed by atoms with Crippen LogP contribution in [0.15, 0.2) is 18.2 Å². The zero-order valence-corrected chi connectivity index (χ0v) is 11.7. The molecule has 2 rings (SSSR count). The minimum absolute atomic E-state index is 0.315. The van der Waals surface area contributed by atoms with E-state index in [0.717, 1.165) is 30.9 Å². The van der Waals surface area contributed by atoms with Crippen molar-refractivity contribution >= 4 is 0 Å². The Hall–Kier alpha value is -1.26. The fourth-order valence-corrected chi connectivity index (χ4v) is 2.30. The second-order valence-electron chi connectivity index (χ2n) is 5.34. The summed E-state index contributed by atoms with van der Waals surface area (Å²) < 4.78 is 10.3. The van der Waals surface area contributed by atoms with Crippen LogP contribution in [0.3, 0.4) is 0 Å². The molecule has 0 aromatic heterocycles. The fourth-order valence-electron chi connectivity index (χ4n) is 2.30. The number of rotatable bonds is 8. The third-order valence-corrected chi connectivity index (χ3v) is 3.90. The SMILES string of the molecule is COCCC1(CNCc2cc(OC)ccc2O)CC1. The van der Waals surface area contributed by atoms with Gasteiger partial charge >= 0.3 is 0 Å². The number of methoxy groups -OCH3 is 2. The number of phenolic OH excluding ortho intramolecular Hbond substituents is 1. The zero-order chi connectivity index (χ0) is 13.7. The number of phenols is 1. The van der Waals surface area contributed by atoms with Gasteiger partial charge in [0.25, 0.3) is 0 Å². The van der Waals surface area contributed by atoms with Crippen molar-refractivity contribution in [3.05, 3.63) is 23.8 Å². The second kappa shape index (κ2) is 6.26. The fraction of sp³-hybridized carbons (Fsp3) is 0.600. The van der Waals surface area contributed by atoms with Crippen molar-refractivity contribution in [3.8, 4) is 11.5 Å². The summed E-state index contributed by atoms with van der Waals surface area (Å²) >= 11 is 0. The van der Waals surface area contributed by atoms with Crippen LogP contribution in [0.2, 0.25) is 0 Å². The van der Waals surface area contributed by atoms with Gasteiger partial charge < -0.3 is 19.9 Å². The van der Waals surface area contributed by atoms with Crippen molar-refractivity contribution in [3.63, 3.8) is 0 Å². The van der Waals surface area contributed by atoms with E-state index in [-0.39, 0.29) is 0 Å². The van der Waals surface area contributed by atoms with E-state index in [9.17, 15) is 5.11 Å². The van der Waals surface area contributed by atoms with Gasteiger partial charge in [0.1, 0.15) is 11.5 Å². The Kier molecular flexibility index (Phi) is 4.66. The van der Waals surface area contributed by atoms with Crippen molar-refractivity contribution in [1.29, 1.82) is 0 Å². The van der Waals surface area contributed by atoms with E-state index in [1.807, 2.05) is 6.07 Å². The van der Waals surface area contributed by atoms with Crippen molar-refractivity contribution in [1.82, 2.24) is 5.32 Å². The molecule has 4 heteroatoms. The average molecular weight is 265 g/mol. The third kappa shape index (κ3) is 3.85. The Morgan fingerprint density at radius 1 is 1.32 bits per heavy atom. The molecule has 1 saturated carbocycles. The quantitative estimate of drug-likeness (QED) is 0.757. The molecule has 0 heterocycles. The largest absolute Gasteiger partial charge is 0.508 e. The van der Waals surface area contributed by atoms with Gasteiger partial charge in [-0.25, -0.2) is 0 Å². The van der Waals surface area contributed by atoms with Gasteiger partial charge in [0.15, 0.2) is 0 Å². The van der Waals surface area contributed by atoms with E-state index < -0.39 is 0 Å². The van der Waals surface area contributed by atoms with E-state index >= 15 is 0 Å². The monoisotopic (exact) mass is 265 g/mol. The van der Waals surface area contributed by atoms with Crippen molar-refractivity contribution < 1.29 is 14.6 Å². The average Bonchev–Trinajstić information content (AvgIpc) is 3.19. The van der Waals surface area contributed by atoms with E-state index in [1.165, 1.54) is 12.8 Å². The molecule has 1 fully saturated rings. The molecule has 1 aliphatic rings. The predicted octanol–water partition coefficient (Wildman–Crippen LogP) is 2.31. The lowest BCUT2D eigenvalue weighted by Crippen LogP contribution is -2.24. The topological polar surface area (TPSA) is 50.7 Å². The molecule has 19 heavy (non-hydrogen) atoms. The lowest BCUT2D eigenvalue weighted by molar-refractivity contribution is 0.171. The molecule has 0 amide bonds. The van der Waals surface area contributed by atoms with Crippen molar-refractivity contribution in [2.24, 2.45) is 5.41 Å². The zero-order valence-electron chi connectivity index (χ0n) is 11.7.